The van der Waals surface area contributed by atoms with Crippen molar-refractivity contribution in [2.45, 2.75) is 45.4 Å². The normalized spacial score (nSPS) is 11.6. The summed E-state index contributed by atoms with van der Waals surface area (Å²) in [7, 11) is 3.16. The molecule has 0 radical (unpaired) electrons. The standard InChI is InChI=1S/C12H11O2P.C11H26N/c13-15(14,11-7-3-1-4-8-11)12-9-5-2-6-10-12;1-5-6-7-8-9-10-11-12(2,3)4/h1-10H,(H,13,14);5-11H2,1-4H3/q;+1/p-1. The van der Waals surface area contributed by atoms with Gasteiger partial charge in [-0.15, -0.1) is 0 Å². The molecule has 2 rings (SSSR count). The molecule has 2 aromatic carbocycles. The second-order valence-electron chi connectivity index (χ2n) is 8.00. The van der Waals surface area contributed by atoms with Gasteiger partial charge in [-0.1, -0.05) is 93.3 Å². The molecule has 0 aliphatic rings. The Morgan fingerprint density at radius 1 is 0.741 bits per heavy atom. The van der Waals surface area contributed by atoms with E-state index in [1.54, 1.807) is 60.7 Å². The molecule has 4 heteroatoms. The lowest BCUT2D eigenvalue weighted by molar-refractivity contribution is -0.870. The number of unbranched alkanes of at least 4 members (excludes halogenated alkanes) is 5. The minimum absolute atomic E-state index is 0.358. The third-order valence-electron chi connectivity index (χ3n) is 4.37. The van der Waals surface area contributed by atoms with Gasteiger partial charge in [0.05, 0.1) is 35.1 Å². The van der Waals surface area contributed by atoms with E-state index in [9.17, 15) is 9.46 Å². The van der Waals surface area contributed by atoms with Gasteiger partial charge >= 0.3 is 0 Å². The smallest absolute Gasteiger partial charge is 0.0780 e. The van der Waals surface area contributed by atoms with Gasteiger partial charge in [0.25, 0.3) is 0 Å². The van der Waals surface area contributed by atoms with Gasteiger partial charge in [0.1, 0.15) is 0 Å². The first-order valence-electron chi connectivity index (χ1n) is 10.00. The van der Waals surface area contributed by atoms with Gasteiger partial charge in [0.15, 0.2) is 0 Å². The van der Waals surface area contributed by atoms with Crippen molar-refractivity contribution in [2.75, 3.05) is 27.7 Å². The van der Waals surface area contributed by atoms with Crippen molar-refractivity contribution in [3.05, 3.63) is 60.7 Å². The molecule has 2 aromatic rings. The van der Waals surface area contributed by atoms with Gasteiger partial charge in [-0.25, -0.2) is 0 Å². The fourth-order valence-electron chi connectivity index (χ4n) is 2.76. The van der Waals surface area contributed by atoms with Crippen LogP contribution in [0.1, 0.15) is 45.4 Å². The fraction of sp³-hybridized carbons (Fsp3) is 0.478. The van der Waals surface area contributed by atoms with Crippen LogP contribution < -0.4 is 15.5 Å². The van der Waals surface area contributed by atoms with E-state index in [1.807, 2.05) is 0 Å². The zero-order chi connectivity index (χ0) is 20.2. The Labute approximate surface area is 166 Å². The van der Waals surface area contributed by atoms with E-state index in [1.165, 1.54) is 45.1 Å². The van der Waals surface area contributed by atoms with Crippen molar-refractivity contribution in [2.24, 2.45) is 0 Å². The summed E-state index contributed by atoms with van der Waals surface area (Å²) >= 11 is 0. The molecule has 0 heterocycles. The Kier molecular flexibility index (Phi) is 10.6. The van der Waals surface area contributed by atoms with E-state index in [-0.39, 0.29) is 0 Å². The van der Waals surface area contributed by atoms with Crippen LogP contribution in [0.4, 0.5) is 0 Å². The first-order chi connectivity index (χ1) is 12.8. The zero-order valence-corrected chi connectivity index (χ0v) is 18.3. The molecule has 0 saturated carbocycles. The summed E-state index contributed by atoms with van der Waals surface area (Å²) in [6.45, 7) is 3.60. The van der Waals surface area contributed by atoms with Crippen LogP contribution in [0.2, 0.25) is 0 Å². The van der Waals surface area contributed by atoms with Crippen LogP contribution in [0.3, 0.4) is 0 Å². The number of hydrogen-bond acceptors (Lipinski definition) is 2. The van der Waals surface area contributed by atoms with Crippen LogP contribution in [-0.2, 0) is 4.57 Å². The molecule has 0 aliphatic carbocycles. The molecule has 27 heavy (non-hydrogen) atoms. The summed E-state index contributed by atoms with van der Waals surface area (Å²) in [4.78, 5) is 12.1. The Bertz CT molecular complexity index is 622. The van der Waals surface area contributed by atoms with E-state index in [2.05, 4.69) is 28.1 Å². The highest BCUT2D eigenvalue weighted by Gasteiger charge is 2.12. The lowest BCUT2D eigenvalue weighted by atomic mass is 10.1. The van der Waals surface area contributed by atoms with Gasteiger partial charge in [-0.2, -0.15) is 0 Å². The molecule has 0 amide bonds. The van der Waals surface area contributed by atoms with E-state index in [0.717, 1.165) is 4.48 Å². The highest BCUT2D eigenvalue weighted by molar-refractivity contribution is 7.72. The number of hydrogen-bond donors (Lipinski definition) is 0. The average Bonchev–Trinajstić information content (AvgIpc) is 2.66. The van der Waals surface area contributed by atoms with Crippen molar-refractivity contribution >= 4 is 18.0 Å². The van der Waals surface area contributed by atoms with Gasteiger partial charge in [0, 0.05) is 10.6 Å². The Hall–Kier alpha value is -1.41. The molecule has 0 unspecified atom stereocenters. The first-order valence-corrected chi connectivity index (χ1v) is 11.6. The van der Waals surface area contributed by atoms with E-state index in [4.69, 9.17) is 0 Å². The van der Waals surface area contributed by atoms with Gasteiger partial charge in [-0.3, -0.25) is 0 Å². The molecule has 0 spiro atoms. The molecule has 0 saturated heterocycles. The number of quaternary nitrogens is 1. The third-order valence-corrected chi connectivity index (χ3v) is 6.33. The molecule has 0 aromatic heterocycles. The maximum atomic E-state index is 12.1. The van der Waals surface area contributed by atoms with Crippen molar-refractivity contribution in [1.82, 2.24) is 0 Å². The maximum absolute atomic E-state index is 12.1. The van der Waals surface area contributed by atoms with Crippen LogP contribution >= 0.6 is 7.37 Å². The Morgan fingerprint density at radius 3 is 1.56 bits per heavy atom. The summed E-state index contributed by atoms with van der Waals surface area (Å²) in [5.74, 6) is 0. The second-order valence-corrected chi connectivity index (χ2v) is 10.1. The van der Waals surface area contributed by atoms with Crippen LogP contribution in [0.15, 0.2) is 60.7 Å². The van der Waals surface area contributed by atoms with Crippen LogP contribution in [-0.4, -0.2) is 32.2 Å². The third kappa shape index (κ3) is 9.91. The summed E-state index contributed by atoms with van der Waals surface area (Å²) < 4.78 is 13.2. The largest absolute Gasteiger partial charge is 0.793 e. The minimum Gasteiger partial charge on any atom is -0.793 e. The lowest BCUT2D eigenvalue weighted by Gasteiger charge is -2.23. The monoisotopic (exact) mass is 389 g/mol. The molecule has 0 bridgehead atoms. The van der Waals surface area contributed by atoms with Crippen molar-refractivity contribution < 1.29 is 13.9 Å². The van der Waals surface area contributed by atoms with E-state index < -0.39 is 7.37 Å². The average molecular weight is 390 g/mol. The molecule has 0 fully saturated rings. The topological polar surface area (TPSA) is 40.1 Å². The predicted octanol–water partition coefficient (Wildman–Crippen LogP) is 4.33. The minimum atomic E-state index is -3.65. The lowest BCUT2D eigenvalue weighted by Crippen LogP contribution is -2.35. The first kappa shape index (κ1) is 23.6. The zero-order valence-electron chi connectivity index (χ0n) is 17.4. The quantitative estimate of drug-likeness (QED) is 0.364. The SMILES string of the molecule is CCCCCCCC[N+](C)(C)C.O=P([O-])(c1ccccc1)c1ccccc1. The van der Waals surface area contributed by atoms with Crippen LogP contribution in [0, 0.1) is 0 Å². The van der Waals surface area contributed by atoms with E-state index in [0.29, 0.717) is 10.6 Å². The molecule has 3 nitrogen and oxygen atoms in total. The maximum Gasteiger partial charge on any atom is 0.0780 e. The number of nitrogens with zero attached hydrogens (tertiary/aromatic N) is 1. The van der Waals surface area contributed by atoms with E-state index >= 15 is 0 Å². The van der Waals surface area contributed by atoms with Crippen LogP contribution in [0.25, 0.3) is 0 Å². The highest BCUT2D eigenvalue weighted by atomic mass is 31.2. The van der Waals surface area contributed by atoms with Gasteiger partial charge < -0.3 is 13.9 Å². The van der Waals surface area contributed by atoms with Crippen molar-refractivity contribution in [1.29, 1.82) is 0 Å². The Balaban J connectivity index is 0.000000279. The number of benzene rings is 2. The Morgan fingerprint density at radius 2 is 1.15 bits per heavy atom. The summed E-state index contributed by atoms with van der Waals surface area (Å²) in [6, 6.07) is 16.9. The highest BCUT2D eigenvalue weighted by Crippen LogP contribution is 2.32. The van der Waals surface area contributed by atoms with Crippen molar-refractivity contribution in [3.63, 3.8) is 0 Å². The molecule has 0 aliphatic heterocycles. The molecule has 150 valence electrons. The van der Waals surface area contributed by atoms with Crippen LogP contribution in [0.5, 0.6) is 0 Å². The summed E-state index contributed by atoms with van der Waals surface area (Å²) in [5, 5.41) is 0.715. The number of rotatable bonds is 9. The fourth-order valence-corrected chi connectivity index (χ4v) is 4.19. The van der Waals surface area contributed by atoms with Gasteiger partial charge in [0.2, 0.25) is 0 Å². The summed E-state index contributed by atoms with van der Waals surface area (Å²) in [5.41, 5.74) is 0. The molecular weight excluding hydrogens is 353 g/mol. The molecular formula is C23H36NO2P. The van der Waals surface area contributed by atoms with Crippen molar-refractivity contribution in [3.8, 4) is 0 Å². The second kappa shape index (κ2) is 12.1. The molecule has 0 N–H and O–H groups in total. The summed E-state index contributed by atoms with van der Waals surface area (Å²) in [6.07, 6.45) is 8.48. The predicted molar refractivity (Wildman–Crippen MR) is 116 cm³/mol. The van der Waals surface area contributed by atoms with Gasteiger partial charge in [-0.05, 0) is 12.8 Å². The molecule has 0 atom stereocenters.